The molecule has 9 nitrogen and oxygen atoms in total. The fourth-order valence-corrected chi connectivity index (χ4v) is 3.56. The van der Waals surface area contributed by atoms with Crippen molar-refractivity contribution in [3.05, 3.63) is 59.4 Å². The van der Waals surface area contributed by atoms with Crippen molar-refractivity contribution < 1.29 is 18.7 Å². The van der Waals surface area contributed by atoms with Gasteiger partial charge >= 0.3 is 6.03 Å². The molecule has 11 heteroatoms. The average Bonchev–Trinajstić information content (AvgIpc) is 3.35. The molecule has 2 aromatic heterocycles. The maximum absolute atomic E-state index is 14.0. The van der Waals surface area contributed by atoms with Crippen molar-refractivity contribution >= 4 is 28.5 Å². The number of halogens is 1. The summed E-state index contributed by atoms with van der Waals surface area (Å²) < 4.78 is 25.5. The lowest BCUT2D eigenvalue weighted by atomic mass is 10.1. The Bertz CT molecular complexity index is 1050. The van der Waals surface area contributed by atoms with E-state index in [1.807, 2.05) is 17.7 Å². The maximum atomic E-state index is 14.0. The molecule has 0 fully saturated rings. The lowest BCUT2D eigenvalue weighted by Gasteiger charge is -2.13. The number of imidazole rings is 1. The van der Waals surface area contributed by atoms with Gasteiger partial charge in [-0.05, 0) is 36.0 Å². The van der Waals surface area contributed by atoms with Crippen LogP contribution in [0.15, 0.2) is 36.9 Å². The van der Waals surface area contributed by atoms with Crippen LogP contribution in [0.1, 0.15) is 28.4 Å². The highest BCUT2D eigenvalue weighted by atomic mass is 32.1. The first-order valence-corrected chi connectivity index (χ1v) is 10.3. The van der Waals surface area contributed by atoms with Gasteiger partial charge in [0.25, 0.3) is 5.91 Å². The Kier molecular flexibility index (Phi) is 7.19. The van der Waals surface area contributed by atoms with E-state index in [0.29, 0.717) is 18.7 Å². The Morgan fingerprint density at radius 3 is 2.87 bits per heavy atom. The smallest absolute Gasteiger partial charge is 0.319 e. The van der Waals surface area contributed by atoms with Gasteiger partial charge in [-0.1, -0.05) is 19.1 Å². The quantitative estimate of drug-likeness (QED) is 0.466. The maximum Gasteiger partial charge on any atom is 0.319 e. The molecule has 3 amide bonds. The third kappa shape index (κ3) is 6.01. The van der Waals surface area contributed by atoms with E-state index >= 15 is 0 Å². The number of ether oxygens (including phenoxy) is 1. The molecule has 0 bridgehead atoms. The second-order valence-corrected chi connectivity index (χ2v) is 7.91. The Morgan fingerprint density at radius 2 is 2.19 bits per heavy atom. The second kappa shape index (κ2) is 10.0. The van der Waals surface area contributed by atoms with Gasteiger partial charge in [0.2, 0.25) is 5.88 Å². The van der Waals surface area contributed by atoms with Crippen LogP contribution in [-0.4, -0.2) is 32.4 Å². The van der Waals surface area contributed by atoms with Crippen molar-refractivity contribution in [2.24, 2.45) is 11.7 Å². The number of carbonyl (C=O) groups is 2. The molecule has 0 aliphatic carbocycles. The molecule has 0 saturated carbocycles. The third-order valence-electron chi connectivity index (χ3n) is 4.40. The molecular weight excluding hydrogens is 423 g/mol. The predicted molar refractivity (Wildman–Crippen MR) is 115 cm³/mol. The summed E-state index contributed by atoms with van der Waals surface area (Å²) in [6.45, 7) is 4.73. The molecule has 0 spiro atoms. The molecule has 0 saturated heterocycles. The zero-order valence-corrected chi connectivity index (χ0v) is 17.9. The predicted octanol–water partition coefficient (Wildman–Crippen LogP) is 2.92. The third-order valence-corrected chi connectivity index (χ3v) is 5.15. The van der Waals surface area contributed by atoms with Crippen molar-refractivity contribution in [2.75, 3.05) is 11.9 Å². The van der Waals surface area contributed by atoms with Gasteiger partial charge in [-0.25, -0.2) is 14.2 Å². The van der Waals surface area contributed by atoms with Crippen LogP contribution < -0.4 is 21.1 Å². The fraction of sp³-hybridized carbons (Fsp3) is 0.300. The lowest BCUT2D eigenvalue weighted by molar-refractivity contribution is 0.0996. The largest absolute Gasteiger partial charge is 0.471 e. The number of carbonyl (C=O) groups excluding carboxylic acids is 2. The first-order chi connectivity index (χ1) is 14.8. The van der Waals surface area contributed by atoms with Crippen LogP contribution in [-0.2, 0) is 13.2 Å². The van der Waals surface area contributed by atoms with E-state index in [1.165, 1.54) is 6.07 Å². The summed E-state index contributed by atoms with van der Waals surface area (Å²) in [5, 5.41) is 5.48. The van der Waals surface area contributed by atoms with Crippen molar-refractivity contribution in [1.82, 2.24) is 19.2 Å². The summed E-state index contributed by atoms with van der Waals surface area (Å²) >= 11 is 0.859. The van der Waals surface area contributed by atoms with Crippen LogP contribution in [0.2, 0.25) is 0 Å². The highest BCUT2D eigenvalue weighted by molar-refractivity contribution is 7.11. The number of hydrogen-bond donors (Lipinski definition) is 3. The van der Waals surface area contributed by atoms with Gasteiger partial charge in [-0.15, -0.1) is 0 Å². The lowest BCUT2D eigenvalue weighted by Crippen LogP contribution is -2.33. The molecule has 1 unspecified atom stereocenters. The highest BCUT2D eigenvalue weighted by Gasteiger charge is 2.22. The number of hydrogen-bond acceptors (Lipinski definition) is 6. The minimum Gasteiger partial charge on any atom is -0.471 e. The SMILES string of the molecule is Cc1ccc(COc2nsc(NC(=O)NCC(C)Cn3ccnc3)c2C(N)=O)c(F)c1. The molecule has 0 aliphatic rings. The van der Waals surface area contributed by atoms with Gasteiger partial charge in [-0.3, -0.25) is 10.1 Å². The number of nitrogens with one attached hydrogen (secondary N) is 2. The number of anilines is 1. The Morgan fingerprint density at radius 1 is 1.39 bits per heavy atom. The average molecular weight is 447 g/mol. The molecule has 164 valence electrons. The summed E-state index contributed by atoms with van der Waals surface area (Å²) in [4.78, 5) is 28.1. The van der Waals surface area contributed by atoms with Gasteiger partial charge in [-0.2, -0.15) is 4.37 Å². The number of aryl methyl sites for hydroxylation is 1. The van der Waals surface area contributed by atoms with Crippen LogP contribution in [0.4, 0.5) is 14.2 Å². The number of nitrogens with two attached hydrogens (primary N) is 1. The van der Waals surface area contributed by atoms with Gasteiger partial charge in [0.15, 0.2) is 0 Å². The number of amides is 3. The number of rotatable bonds is 9. The van der Waals surface area contributed by atoms with Crippen molar-refractivity contribution in [2.45, 2.75) is 27.0 Å². The molecule has 2 heterocycles. The van der Waals surface area contributed by atoms with Gasteiger partial charge in [0, 0.05) is 31.0 Å². The van der Waals surface area contributed by atoms with Crippen LogP contribution >= 0.6 is 11.5 Å². The molecular formula is C20H23FN6O3S. The van der Waals surface area contributed by atoms with Crippen molar-refractivity contribution in [3.63, 3.8) is 0 Å². The van der Waals surface area contributed by atoms with E-state index < -0.39 is 17.8 Å². The normalized spacial score (nSPS) is 11.7. The summed E-state index contributed by atoms with van der Waals surface area (Å²) in [5.41, 5.74) is 6.48. The van der Waals surface area contributed by atoms with E-state index in [-0.39, 0.29) is 29.0 Å². The van der Waals surface area contributed by atoms with E-state index in [2.05, 4.69) is 20.0 Å². The Hall–Kier alpha value is -3.47. The first-order valence-electron chi connectivity index (χ1n) is 9.51. The molecule has 0 radical (unpaired) electrons. The number of benzene rings is 1. The van der Waals surface area contributed by atoms with Gasteiger partial charge in [0.1, 0.15) is 23.0 Å². The van der Waals surface area contributed by atoms with Crippen molar-refractivity contribution in [3.8, 4) is 5.88 Å². The zero-order chi connectivity index (χ0) is 22.4. The molecule has 3 aromatic rings. The molecule has 4 N–H and O–H groups in total. The second-order valence-electron chi connectivity index (χ2n) is 7.14. The molecule has 31 heavy (non-hydrogen) atoms. The number of urea groups is 1. The topological polar surface area (TPSA) is 124 Å². The summed E-state index contributed by atoms with van der Waals surface area (Å²) in [6, 6.07) is 4.24. The van der Waals surface area contributed by atoms with E-state index in [9.17, 15) is 14.0 Å². The monoisotopic (exact) mass is 446 g/mol. The van der Waals surface area contributed by atoms with Crippen LogP contribution in [0, 0.1) is 18.7 Å². The molecule has 1 aromatic carbocycles. The standard InChI is InChI=1S/C20H23FN6O3S/c1-12-3-4-14(15(21)7-12)10-30-18-16(17(22)28)19(31-26-18)25-20(29)24-8-13(2)9-27-6-5-23-11-27/h3-7,11,13H,8-10H2,1-2H3,(H2,22,28)(H2,24,25,29). The number of primary amides is 1. The summed E-state index contributed by atoms with van der Waals surface area (Å²) in [7, 11) is 0. The van der Waals surface area contributed by atoms with E-state index in [4.69, 9.17) is 10.5 Å². The van der Waals surface area contributed by atoms with Crippen LogP contribution in [0.3, 0.4) is 0 Å². The number of nitrogens with zero attached hydrogens (tertiary/aromatic N) is 3. The fourth-order valence-electron chi connectivity index (χ4n) is 2.83. The minimum absolute atomic E-state index is 0.0544. The highest BCUT2D eigenvalue weighted by Crippen LogP contribution is 2.31. The molecule has 0 aliphatic heterocycles. The summed E-state index contributed by atoms with van der Waals surface area (Å²) in [6.07, 6.45) is 5.24. The molecule has 3 rings (SSSR count). The number of aromatic nitrogens is 3. The van der Waals surface area contributed by atoms with Crippen molar-refractivity contribution in [1.29, 1.82) is 0 Å². The summed E-state index contributed by atoms with van der Waals surface area (Å²) in [5.74, 6) is -1.13. The minimum atomic E-state index is -0.808. The van der Waals surface area contributed by atoms with Gasteiger partial charge < -0.3 is 20.4 Å². The van der Waals surface area contributed by atoms with Crippen LogP contribution in [0.5, 0.6) is 5.88 Å². The Balaban J connectivity index is 1.59. The van der Waals surface area contributed by atoms with Gasteiger partial charge in [0.05, 0.1) is 6.33 Å². The van der Waals surface area contributed by atoms with E-state index in [0.717, 1.165) is 17.1 Å². The molecule has 1 atom stereocenters. The zero-order valence-electron chi connectivity index (χ0n) is 17.1. The first kappa shape index (κ1) is 22.2. The van der Waals surface area contributed by atoms with Crippen LogP contribution in [0.25, 0.3) is 0 Å². The van der Waals surface area contributed by atoms with E-state index in [1.54, 1.807) is 31.6 Å². The Labute approximate surface area is 182 Å².